The van der Waals surface area contributed by atoms with Crippen LogP contribution in [0.25, 0.3) is 0 Å². The largest absolute Gasteiger partial charge is 0.493 e. The molecule has 40 heavy (non-hydrogen) atoms. The van der Waals surface area contributed by atoms with Crippen LogP contribution >= 0.6 is 11.6 Å². The number of benzene rings is 3. The van der Waals surface area contributed by atoms with Gasteiger partial charge in [-0.1, -0.05) is 54.1 Å². The van der Waals surface area contributed by atoms with Crippen molar-refractivity contribution in [2.45, 2.75) is 6.04 Å². The summed E-state index contributed by atoms with van der Waals surface area (Å²) in [6.45, 7) is 5.69. The van der Waals surface area contributed by atoms with Crippen LogP contribution in [0.4, 0.5) is 0 Å². The Hall–Kier alpha value is -3.30. The molecule has 214 valence electrons. The first-order valence-corrected chi connectivity index (χ1v) is 13.7. The number of esters is 1. The summed E-state index contributed by atoms with van der Waals surface area (Å²) in [4.78, 5) is 17.5. The van der Waals surface area contributed by atoms with Crippen LogP contribution < -0.4 is 14.2 Å². The maximum absolute atomic E-state index is 12.5. The molecule has 8 nitrogen and oxygen atoms in total. The third-order valence-corrected chi connectivity index (χ3v) is 7.24. The van der Waals surface area contributed by atoms with E-state index in [1.54, 1.807) is 12.1 Å². The fraction of sp³-hybridized carbons (Fsp3) is 0.387. The van der Waals surface area contributed by atoms with Gasteiger partial charge in [-0.25, -0.2) is 4.79 Å². The Labute approximate surface area is 241 Å². The van der Waals surface area contributed by atoms with Crippen molar-refractivity contribution in [3.05, 3.63) is 88.4 Å². The van der Waals surface area contributed by atoms with Gasteiger partial charge in [-0.05, 0) is 35.4 Å². The van der Waals surface area contributed by atoms with Crippen LogP contribution in [-0.4, -0.2) is 89.6 Å². The zero-order valence-corrected chi connectivity index (χ0v) is 24.1. The normalized spacial score (nSPS) is 14.9. The number of carbonyl (C=O) groups excluding carboxylic acids is 1. The van der Waals surface area contributed by atoms with Crippen molar-refractivity contribution in [1.29, 1.82) is 0 Å². The summed E-state index contributed by atoms with van der Waals surface area (Å²) in [5.41, 5.74) is 2.84. The lowest BCUT2D eigenvalue weighted by atomic mass is 9.96. The molecule has 0 bridgehead atoms. The van der Waals surface area contributed by atoms with E-state index in [1.807, 2.05) is 12.1 Å². The fourth-order valence-electron chi connectivity index (χ4n) is 4.91. The summed E-state index contributed by atoms with van der Waals surface area (Å²) in [5, 5.41) is 0.747. The lowest BCUT2D eigenvalue weighted by Gasteiger charge is -2.39. The minimum atomic E-state index is -0.479. The lowest BCUT2D eigenvalue weighted by Crippen LogP contribution is -2.48. The van der Waals surface area contributed by atoms with Gasteiger partial charge in [-0.15, -0.1) is 0 Å². The van der Waals surface area contributed by atoms with Crippen LogP contribution in [0.15, 0.2) is 66.7 Å². The highest BCUT2D eigenvalue weighted by Crippen LogP contribution is 2.38. The van der Waals surface area contributed by atoms with Gasteiger partial charge in [0, 0.05) is 37.7 Å². The zero-order chi connectivity index (χ0) is 28.3. The van der Waals surface area contributed by atoms with E-state index in [-0.39, 0.29) is 12.6 Å². The Morgan fingerprint density at radius 3 is 2.02 bits per heavy atom. The molecular weight excluding hydrogens is 532 g/mol. The second kappa shape index (κ2) is 14.9. The van der Waals surface area contributed by atoms with E-state index in [4.69, 9.17) is 35.3 Å². The minimum absolute atomic E-state index is 0.156. The van der Waals surface area contributed by atoms with Gasteiger partial charge in [0.15, 0.2) is 11.5 Å². The molecule has 1 aliphatic heterocycles. The van der Waals surface area contributed by atoms with Crippen molar-refractivity contribution in [3.63, 3.8) is 0 Å². The Morgan fingerprint density at radius 2 is 1.43 bits per heavy atom. The molecule has 1 saturated heterocycles. The van der Waals surface area contributed by atoms with Gasteiger partial charge >= 0.3 is 5.97 Å². The topological polar surface area (TPSA) is 69.7 Å². The number of hydrogen-bond acceptors (Lipinski definition) is 8. The highest BCUT2D eigenvalue weighted by Gasteiger charge is 2.26. The van der Waals surface area contributed by atoms with E-state index in [9.17, 15) is 4.79 Å². The van der Waals surface area contributed by atoms with Gasteiger partial charge in [0.1, 0.15) is 6.61 Å². The van der Waals surface area contributed by atoms with E-state index in [0.717, 1.165) is 37.7 Å². The van der Waals surface area contributed by atoms with Crippen LogP contribution in [0.2, 0.25) is 5.02 Å². The molecule has 1 fully saturated rings. The number of methoxy groups -OCH3 is 3. The molecule has 0 N–H and O–H groups in total. The standard InChI is InChI=1S/C31H37ClN2O6/c1-36-27-21-25(22-28(37-2)30(27)38-3)31(35)40-20-19-39-18-17-33-13-15-34(16-14-33)29(23-7-5-4-6-8-23)24-9-11-26(32)12-10-24/h4-12,21-22,29H,13-20H2,1-3H3/t29-/m0/s1. The first-order valence-electron chi connectivity index (χ1n) is 13.4. The van der Waals surface area contributed by atoms with Crippen LogP contribution in [0, 0.1) is 0 Å². The van der Waals surface area contributed by atoms with Crippen molar-refractivity contribution in [2.24, 2.45) is 0 Å². The van der Waals surface area contributed by atoms with E-state index in [1.165, 1.54) is 32.5 Å². The molecule has 0 aromatic heterocycles. The molecule has 1 aliphatic rings. The third-order valence-electron chi connectivity index (χ3n) is 6.99. The Bertz CT molecular complexity index is 1190. The van der Waals surface area contributed by atoms with Crippen molar-refractivity contribution in [2.75, 3.05) is 73.9 Å². The van der Waals surface area contributed by atoms with Crippen LogP contribution in [-0.2, 0) is 9.47 Å². The summed E-state index contributed by atoms with van der Waals surface area (Å²) in [7, 11) is 4.52. The molecule has 0 amide bonds. The lowest BCUT2D eigenvalue weighted by molar-refractivity contribution is 0.0241. The molecule has 0 aliphatic carbocycles. The molecule has 0 spiro atoms. The molecule has 1 atom stereocenters. The quantitative estimate of drug-likeness (QED) is 0.212. The predicted molar refractivity (Wildman–Crippen MR) is 155 cm³/mol. The van der Waals surface area contributed by atoms with Gasteiger partial charge < -0.3 is 23.7 Å². The van der Waals surface area contributed by atoms with Crippen LogP contribution in [0.5, 0.6) is 17.2 Å². The zero-order valence-electron chi connectivity index (χ0n) is 23.3. The number of ether oxygens (including phenoxy) is 5. The Kier molecular flexibility index (Phi) is 11.1. The van der Waals surface area contributed by atoms with Crippen molar-refractivity contribution in [3.8, 4) is 17.2 Å². The van der Waals surface area contributed by atoms with Crippen molar-refractivity contribution >= 4 is 17.6 Å². The molecule has 9 heteroatoms. The van der Waals surface area contributed by atoms with Crippen LogP contribution in [0.1, 0.15) is 27.5 Å². The van der Waals surface area contributed by atoms with E-state index in [2.05, 4.69) is 52.3 Å². The Morgan fingerprint density at radius 1 is 0.800 bits per heavy atom. The van der Waals surface area contributed by atoms with Crippen molar-refractivity contribution < 1.29 is 28.5 Å². The molecule has 0 saturated carbocycles. The summed E-state index contributed by atoms with van der Waals surface area (Å²) in [5.74, 6) is 0.737. The van der Waals surface area contributed by atoms with E-state index in [0.29, 0.717) is 36.0 Å². The summed E-state index contributed by atoms with van der Waals surface area (Å²) < 4.78 is 27.0. The van der Waals surface area contributed by atoms with Gasteiger partial charge in [-0.3, -0.25) is 9.80 Å². The number of piperazine rings is 1. The third kappa shape index (κ3) is 7.67. The highest BCUT2D eigenvalue weighted by molar-refractivity contribution is 6.30. The SMILES string of the molecule is COc1cc(C(=O)OCCOCCN2CCN([C@@H](c3ccccc3)c3ccc(Cl)cc3)CC2)cc(OC)c1OC. The fourth-order valence-corrected chi connectivity index (χ4v) is 5.04. The summed E-state index contributed by atoms with van der Waals surface area (Å²) >= 11 is 6.15. The second-order valence-electron chi connectivity index (χ2n) is 9.40. The van der Waals surface area contributed by atoms with Gasteiger partial charge in [0.25, 0.3) is 0 Å². The number of hydrogen-bond donors (Lipinski definition) is 0. The molecule has 0 unspecified atom stereocenters. The number of carbonyl (C=O) groups is 1. The van der Waals surface area contributed by atoms with E-state index >= 15 is 0 Å². The molecule has 4 rings (SSSR count). The van der Waals surface area contributed by atoms with Crippen molar-refractivity contribution in [1.82, 2.24) is 9.80 Å². The molecule has 3 aromatic carbocycles. The molecule has 0 radical (unpaired) electrons. The Balaban J connectivity index is 1.20. The van der Waals surface area contributed by atoms with Gasteiger partial charge in [0.2, 0.25) is 5.75 Å². The smallest absolute Gasteiger partial charge is 0.338 e. The molecule has 1 heterocycles. The second-order valence-corrected chi connectivity index (χ2v) is 9.84. The maximum Gasteiger partial charge on any atom is 0.338 e. The van der Waals surface area contributed by atoms with E-state index < -0.39 is 5.97 Å². The predicted octanol–water partition coefficient (Wildman–Crippen LogP) is 4.95. The number of nitrogens with zero attached hydrogens (tertiary/aromatic N) is 2. The first-order chi connectivity index (χ1) is 19.5. The molecular formula is C31H37ClN2O6. The minimum Gasteiger partial charge on any atom is -0.493 e. The summed E-state index contributed by atoms with van der Waals surface area (Å²) in [6.07, 6.45) is 0. The number of rotatable bonds is 13. The van der Waals surface area contributed by atoms with Crippen LogP contribution in [0.3, 0.4) is 0 Å². The molecule has 3 aromatic rings. The first kappa shape index (κ1) is 29.7. The van der Waals surface area contributed by atoms with Gasteiger partial charge in [0.05, 0.1) is 46.1 Å². The highest BCUT2D eigenvalue weighted by atomic mass is 35.5. The van der Waals surface area contributed by atoms with Gasteiger partial charge in [-0.2, -0.15) is 0 Å². The monoisotopic (exact) mass is 568 g/mol. The maximum atomic E-state index is 12.5. The number of halogens is 1. The average Bonchev–Trinajstić information content (AvgIpc) is 3.00. The summed E-state index contributed by atoms with van der Waals surface area (Å²) in [6, 6.07) is 22.1. The average molecular weight is 569 g/mol.